The Morgan fingerprint density at radius 3 is 2.30 bits per heavy atom. The van der Waals surface area contributed by atoms with Crippen molar-refractivity contribution in [3.05, 3.63) is 132 Å². The molecule has 0 unspecified atom stereocenters. The molecule has 0 N–H and O–H groups in total. The van der Waals surface area contributed by atoms with Gasteiger partial charge in [-0.05, 0) is 66.1 Å². The molecule has 0 aliphatic heterocycles. The van der Waals surface area contributed by atoms with Crippen molar-refractivity contribution < 1.29 is 4.74 Å². The van der Waals surface area contributed by atoms with Crippen LogP contribution in [0.15, 0.2) is 116 Å². The van der Waals surface area contributed by atoms with E-state index in [9.17, 15) is 10.5 Å². The largest absolute Gasteiger partial charge is 0.457 e. The Kier molecular flexibility index (Phi) is 6.62. The first-order valence-corrected chi connectivity index (χ1v) is 14.3. The summed E-state index contributed by atoms with van der Waals surface area (Å²) in [6.07, 6.45) is 5.36. The predicted octanol–water partition coefficient (Wildman–Crippen LogP) is 8.69. The average Bonchev–Trinajstić information content (AvgIpc) is 3.67. The number of nitriles is 2. The average molecular weight is 571 g/mol. The molecule has 0 fully saturated rings. The first kappa shape index (κ1) is 26.7. The smallest absolute Gasteiger partial charge is 0.137 e. The molecule has 0 saturated heterocycles. The zero-order valence-corrected chi connectivity index (χ0v) is 24.1. The van der Waals surface area contributed by atoms with E-state index in [1.165, 1.54) is 5.56 Å². The van der Waals surface area contributed by atoms with Gasteiger partial charge in [0.15, 0.2) is 0 Å². The van der Waals surface area contributed by atoms with Crippen LogP contribution in [0.5, 0.6) is 11.5 Å². The first-order valence-electron chi connectivity index (χ1n) is 14.3. The quantitative estimate of drug-likeness (QED) is 0.199. The normalized spacial score (nSPS) is 11.1. The number of hydrogen-bond acceptors (Lipinski definition) is 5. The van der Waals surface area contributed by atoms with Gasteiger partial charge in [0.25, 0.3) is 0 Å². The molecule has 7 nitrogen and oxygen atoms in total. The van der Waals surface area contributed by atoms with E-state index >= 15 is 0 Å². The monoisotopic (exact) mass is 570 g/mol. The molecule has 0 aliphatic carbocycles. The highest BCUT2D eigenvalue weighted by atomic mass is 16.5. The third-order valence-electron chi connectivity index (χ3n) is 7.81. The minimum absolute atomic E-state index is 0.386. The van der Waals surface area contributed by atoms with Crippen LogP contribution in [-0.2, 0) is 0 Å². The van der Waals surface area contributed by atoms with Gasteiger partial charge in [0.2, 0.25) is 0 Å². The molecule has 44 heavy (non-hydrogen) atoms. The van der Waals surface area contributed by atoms with Crippen LogP contribution in [0.3, 0.4) is 0 Å². The lowest BCUT2D eigenvalue weighted by molar-refractivity contribution is 0.483. The van der Waals surface area contributed by atoms with E-state index < -0.39 is 0 Å². The Balaban J connectivity index is 1.26. The molecule has 3 heterocycles. The van der Waals surface area contributed by atoms with Crippen LogP contribution in [0.2, 0.25) is 0 Å². The van der Waals surface area contributed by atoms with Gasteiger partial charge in [0, 0.05) is 46.4 Å². The van der Waals surface area contributed by atoms with Crippen molar-refractivity contribution in [1.29, 1.82) is 10.5 Å². The number of hydrogen-bond donors (Lipinski definition) is 0. The van der Waals surface area contributed by atoms with Gasteiger partial charge in [0.05, 0.1) is 46.2 Å². The highest BCUT2D eigenvalue weighted by Crippen LogP contribution is 2.36. The Hall–Kier alpha value is -6.18. The van der Waals surface area contributed by atoms with Gasteiger partial charge in [-0.15, -0.1) is 0 Å². The molecule has 0 saturated carbocycles. The van der Waals surface area contributed by atoms with Gasteiger partial charge in [-0.25, -0.2) is 9.67 Å². The molecule has 0 amide bonds. The Bertz CT molecular complexity index is 2250. The van der Waals surface area contributed by atoms with Crippen LogP contribution in [0.1, 0.15) is 36.5 Å². The molecule has 3 aromatic heterocycles. The fourth-order valence-corrected chi connectivity index (χ4v) is 5.64. The summed E-state index contributed by atoms with van der Waals surface area (Å²) in [7, 11) is 0. The lowest BCUT2D eigenvalue weighted by Gasteiger charge is -2.12. The Labute approximate surface area is 254 Å². The number of aromatic nitrogens is 4. The number of fused-ring (bicyclic) bond motifs is 3. The maximum atomic E-state index is 9.62. The van der Waals surface area contributed by atoms with E-state index in [1.54, 1.807) is 29.1 Å². The lowest BCUT2D eigenvalue weighted by Crippen LogP contribution is -1.99. The van der Waals surface area contributed by atoms with E-state index in [-0.39, 0.29) is 0 Å². The molecule has 0 aliphatic rings. The van der Waals surface area contributed by atoms with E-state index in [0.29, 0.717) is 39.7 Å². The summed E-state index contributed by atoms with van der Waals surface area (Å²) in [5.74, 6) is 2.60. The minimum atomic E-state index is 0.386. The van der Waals surface area contributed by atoms with E-state index in [4.69, 9.17) is 9.72 Å². The second-order valence-electron chi connectivity index (χ2n) is 10.9. The molecular formula is C37H26N6O. The summed E-state index contributed by atoms with van der Waals surface area (Å²) < 4.78 is 10.3. The fraction of sp³-hybridized carbons (Fsp3) is 0.0811. The lowest BCUT2D eigenvalue weighted by atomic mass is 9.98. The van der Waals surface area contributed by atoms with Gasteiger partial charge in [0.1, 0.15) is 17.3 Å². The highest BCUT2D eigenvalue weighted by Gasteiger charge is 2.16. The second kappa shape index (κ2) is 10.9. The zero-order valence-electron chi connectivity index (χ0n) is 24.1. The van der Waals surface area contributed by atoms with Crippen molar-refractivity contribution in [3.8, 4) is 46.3 Å². The van der Waals surface area contributed by atoms with Crippen LogP contribution in [0.25, 0.3) is 44.4 Å². The molecule has 0 radical (unpaired) electrons. The first-order chi connectivity index (χ1) is 21.5. The molecular weight excluding hydrogens is 544 g/mol. The number of nitrogens with zero attached hydrogens (tertiary/aromatic N) is 6. The zero-order chi connectivity index (χ0) is 30.2. The van der Waals surface area contributed by atoms with Crippen LogP contribution < -0.4 is 4.74 Å². The standard InChI is InChI=1S/C37H26N6O/c1-24(2)25-15-16-40-36(17-25)43-34-12-4-3-11-32(34)33-14-13-31(19-35(33)43)44-30-10-6-9-29(18-30)42-23-28(22-41-42)37-26(20-38)7-5-8-27(37)21-39/h3-19,22-24H,1-2H3. The summed E-state index contributed by atoms with van der Waals surface area (Å²) in [4.78, 5) is 4.75. The maximum absolute atomic E-state index is 9.62. The highest BCUT2D eigenvalue weighted by molar-refractivity contribution is 6.09. The van der Waals surface area contributed by atoms with Gasteiger partial charge < -0.3 is 4.74 Å². The van der Waals surface area contributed by atoms with Crippen LogP contribution in [0.4, 0.5) is 0 Å². The van der Waals surface area contributed by atoms with Gasteiger partial charge >= 0.3 is 0 Å². The predicted molar refractivity (Wildman–Crippen MR) is 171 cm³/mol. The van der Waals surface area contributed by atoms with Crippen molar-refractivity contribution in [2.75, 3.05) is 0 Å². The summed E-state index contributed by atoms with van der Waals surface area (Å²) in [6, 6.07) is 35.9. The minimum Gasteiger partial charge on any atom is -0.457 e. The molecule has 0 spiro atoms. The summed E-state index contributed by atoms with van der Waals surface area (Å²) in [5, 5.41) is 26.0. The number of ether oxygens (including phenoxy) is 1. The number of rotatable bonds is 6. The molecule has 7 heteroatoms. The SMILES string of the molecule is CC(C)c1ccnc(-n2c3ccccc3c3ccc(Oc4cccc(-n5cc(-c6c(C#N)cccc6C#N)cn5)c4)cc32)c1. The summed E-state index contributed by atoms with van der Waals surface area (Å²) in [6.45, 7) is 4.37. The third-order valence-corrected chi connectivity index (χ3v) is 7.81. The van der Waals surface area contributed by atoms with Crippen molar-refractivity contribution >= 4 is 21.8 Å². The molecule has 7 aromatic rings. The van der Waals surface area contributed by atoms with Crippen molar-refractivity contribution in [2.24, 2.45) is 0 Å². The van der Waals surface area contributed by atoms with Crippen LogP contribution in [0, 0.1) is 22.7 Å². The number of para-hydroxylation sites is 1. The molecule has 0 bridgehead atoms. The van der Waals surface area contributed by atoms with E-state index in [1.807, 2.05) is 48.8 Å². The van der Waals surface area contributed by atoms with Crippen molar-refractivity contribution in [1.82, 2.24) is 19.3 Å². The molecule has 7 rings (SSSR count). The summed E-state index contributed by atoms with van der Waals surface area (Å²) in [5.41, 5.74) is 6.24. The van der Waals surface area contributed by atoms with E-state index in [0.717, 1.165) is 33.3 Å². The maximum Gasteiger partial charge on any atom is 0.137 e. The molecule has 4 aromatic carbocycles. The van der Waals surface area contributed by atoms with E-state index in [2.05, 4.69) is 78.1 Å². The second-order valence-corrected chi connectivity index (χ2v) is 10.9. The Morgan fingerprint density at radius 2 is 1.50 bits per heavy atom. The van der Waals surface area contributed by atoms with Gasteiger partial charge in [-0.3, -0.25) is 4.57 Å². The Morgan fingerprint density at radius 1 is 0.750 bits per heavy atom. The fourth-order valence-electron chi connectivity index (χ4n) is 5.64. The third kappa shape index (κ3) is 4.63. The number of benzene rings is 4. The molecule has 0 atom stereocenters. The number of pyridine rings is 1. The van der Waals surface area contributed by atoms with Crippen molar-refractivity contribution in [2.45, 2.75) is 19.8 Å². The van der Waals surface area contributed by atoms with Gasteiger partial charge in [-0.2, -0.15) is 15.6 Å². The van der Waals surface area contributed by atoms with Crippen molar-refractivity contribution in [3.63, 3.8) is 0 Å². The molecule has 210 valence electrons. The van der Waals surface area contributed by atoms with Crippen LogP contribution >= 0.6 is 0 Å². The topological polar surface area (TPSA) is 92.5 Å². The van der Waals surface area contributed by atoms with Crippen LogP contribution in [-0.4, -0.2) is 19.3 Å². The summed E-state index contributed by atoms with van der Waals surface area (Å²) >= 11 is 0. The van der Waals surface area contributed by atoms with Gasteiger partial charge in [-0.1, -0.05) is 44.2 Å².